The van der Waals surface area contributed by atoms with Gasteiger partial charge < -0.3 is 0 Å². The molecule has 1 heteroatoms. The predicted octanol–water partition coefficient (Wildman–Crippen LogP) is 10.2. The number of nitrogens with zero attached hydrogens (tertiary/aromatic N) is 1. The summed E-state index contributed by atoms with van der Waals surface area (Å²) in [4.78, 5) is 4.89. The fourth-order valence-electron chi connectivity index (χ4n) is 6.95. The molecule has 0 saturated heterocycles. The van der Waals surface area contributed by atoms with Crippen LogP contribution in [0, 0.1) is 0 Å². The molecule has 0 bridgehead atoms. The standard InChI is InChI=1S/C38H27N/c1-38(2)32-22-21-30(29-18-10-19-31(36(29)32)37-33(38)20-11-23-39-37)35-27-16-8-6-14-25(27)34(24-12-4-3-5-13-24)26-15-7-9-17-28(26)35/h3-23H,1-2H3. The first kappa shape index (κ1) is 22.3. The highest BCUT2D eigenvalue weighted by Crippen LogP contribution is 2.51. The molecule has 1 heterocycles. The lowest BCUT2D eigenvalue weighted by atomic mass is 9.69. The van der Waals surface area contributed by atoms with Gasteiger partial charge >= 0.3 is 0 Å². The molecule has 0 amide bonds. The summed E-state index contributed by atoms with van der Waals surface area (Å²) in [7, 11) is 0. The number of aromatic nitrogens is 1. The maximum atomic E-state index is 4.89. The Balaban J connectivity index is 1.54. The highest BCUT2D eigenvalue weighted by Gasteiger charge is 2.34. The van der Waals surface area contributed by atoms with Gasteiger partial charge in [0.2, 0.25) is 0 Å². The molecule has 0 unspecified atom stereocenters. The van der Waals surface area contributed by atoms with Crippen LogP contribution in [0.3, 0.4) is 0 Å². The Bertz CT molecular complexity index is 2030. The molecule has 1 nitrogen and oxygen atoms in total. The number of pyridine rings is 1. The molecule has 0 atom stereocenters. The van der Waals surface area contributed by atoms with Gasteiger partial charge in [-0.1, -0.05) is 129 Å². The number of fused-ring (bicyclic) bond motifs is 4. The van der Waals surface area contributed by atoms with Crippen molar-refractivity contribution in [3.63, 3.8) is 0 Å². The van der Waals surface area contributed by atoms with E-state index in [1.165, 1.54) is 71.3 Å². The first-order chi connectivity index (χ1) is 19.1. The van der Waals surface area contributed by atoms with Gasteiger partial charge in [-0.15, -0.1) is 0 Å². The quantitative estimate of drug-likeness (QED) is 0.217. The van der Waals surface area contributed by atoms with Gasteiger partial charge in [0.25, 0.3) is 0 Å². The van der Waals surface area contributed by atoms with Gasteiger partial charge in [0.05, 0.1) is 5.69 Å². The van der Waals surface area contributed by atoms with Crippen molar-refractivity contribution in [2.75, 3.05) is 0 Å². The summed E-state index contributed by atoms with van der Waals surface area (Å²) in [5.41, 5.74) is 9.99. The molecule has 0 radical (unpaired) electrons. The molecule has 1 aliphatic carbocycles. The van der Waals surface area contributed by atoms with Gasteiger partial charge in [-0.3, -0.25) is 4.98 Å². The third-order valence-corrected chi connectivity index (χ3v) is 8.71. The summed E-state index contributed by atoms with van der Waals surface area (Å²) in [5.74, 6) is 0. The molecule has 39 heavy (non-hydrogen) atoms. The van der Waals surface area contributed by atoms with Gasteiger partial charge in [-0.25, -0.2) is 0 Å². The molecule has 0 saturated carbocycles. The van der Waals surface area contributed by atoms with Gasteiger partial charge in [-0.2, -0.15) is 0 Å². The van der Waals surface area contributed by atoms with Crippen LogP contribution in [0.15, 0.2) is 128 Å². The number of rotatable bonds is 2. The molecule has 1 aromatic heterocycles. The van der Waals surface area contributed by atoms with Crippen molar-refractivity contribution in [3.05, 3.63) is 139 Å². The van der Waals surface area contributed by atoms with E-state index in [2.05, 4.69) is 135 Å². The van der Waals surface area contributed by atoms with E-state index in [1.807, 2.05) is 6.20 Å². The molecule has 6 aromatic carbocycles. The lowest BCUT2D eigenvalue weighted by Crippen LogP contribution is -2.24. The first-order valence-electron chi connectivity index (χ1n) is 13.7. The minimum Gasteiger partial charge on any atom is -0.256 e. The summed E-state index contributed by atoms with van der Waals surface area (Å²) < 4.78 is 0. The molecule has 0 N–H and O–H groups in total. The fourth-order valence-corrected chi connectivity index (χ4v) is 6.95. The Hall–Kier alpha value is -4.75. The lowest BCUT2D eigenvalue weighted by Gasteiger charge is -2.35. The van der Waals surface area contributed by atoms with Crippen LogP contribution in [0.2, 0.25) is 0 Å². The number of hydrogen-bond acceptors (Lipinski definition) is 1. The molecular weight excluding hydrogens is 470 g/mol. The van der Waals surface area contributed by atoms with E-state index >= 15 is 0 Å². The highest BCUT2D eigenvalue weighted by atomic mass is 14.7. The monoisotopic (exact) mass is 497 g/mol. The Morgan fingerprint density at radius 2 is 1.08 bits per heavy atom. The van der Waals surface area contributed by atoms with Gasteiger partial charge in [0.15, 0.2) is 0 Å². The number of hydrogen-bond donors (Lipinski definition) is 0. The smallest absolute Gasteiger partial charge is 0.0749 e. The van der Waals surface area contributed by atoms with Gasteiger partial charge in [0, 0.05) is 17.2 Å². The Morgan fingerprint density at radius 3 is 1.77 bits per heavy atom. The van der Waals surface area contributed by atoms with Crippen molar-refractivity contribution >= 4 is 32.3 Å². The van der Waals surface area contributed by atoms with Crippen LogP contribution in [0.5, 0.6) is 0 Å². The normalized spacial score (nSPS) is 13.6. The third-order valence-electron chi connectivity index (χ3n) is 8.71. The van der Waals surface area contributed by atoms with E-state index in [9.17, 15) is 0 Å². The molecule has 1 aliphatic rings. The second kappa shape index (κ2) is 8.12. The second-order valence-corrected chi connectivity index (χ2v) is 11.1. The fraction of sp³-hybridized carbons (Fsp3) is 0.0789. The maximum Gasteiger partial charge on any atom is 0.0749 e. The first-order valence-corrected chi connectivity index (χ1v) is 13.7. The van der Waals surface area contributed by atoms with E-state index < -0.39 is 0 Å². The summed E-state index contributed by atoms with van der Waals surface area (Å²) in [5, 5.41) is 7.74. The number of benzene rings is 6. The molecule has 8 rings (SSSR count). The highest BCUT2D eigenvalue weighted by molar-refractivity contribution is 6.24. The van der Waals surface area contributed by atoms with Crippen LogP contribution < -0.4 is 0 Å². The molecule has 0 spiro atoms. The molecule has 7 aromatic rings. The third kappa shape index (κ3) is 3.05. The topological polar surface area (TPSA) is 12.9 Å². The Morgan fingerprint density at radius 1 is 0.462 bits per heavy atom. The van der Waals surface area contributed by atoms with E-state index in [0.29, 0.717) is 0 Å². The SMILES string of the molecule is CC1(C)c2cccnc2-c2cccc3c(-c4c5ccccc5c(-c5ccccc5)c5ccccc45)ccc1c23. The van der Waals surface area contributed by atoms with E-state index in [1.54, 1.807) is 0 Å². The molecular formula is C38H27N. The van der Waals surface area contributed by atoms with Crippen LogP contribution in [-0.4, -0.2) is 4.98 Å². The molecule has 184 valence electrons. The van der Waals surface area contributed by atoms with Crippen molar-refractivity contribution in [2.45, 2.75) is 19.3 Å². The maximum absolute atomic E-state index is 4.89. The summed E-state index contributed by atoms with van der Waals surface area (Å²) in [6.07, 6.45) is 1.92. The van der Waals surface area contributed by atoms with Crippen molar-refractivity contribution in [2.24, 2.45) is 0 Å². The average molecular weight is 498 g/mol. The zero-order chi connectivity index (χ0) is 26.1. The second-order valence-electron chi connectivity index (χ2n) is 11.1. The zero-order valence-corrected chi connectivity index (χ0v) is 22.1. The minimum atomic E-state index is -0.129. The van der Waals surface area contributed by atoms with Crippen molar-refractivity contribution < 1.29 is 0 Å². The Labute approximate surface area is 228 Å². The van der Waals surface area contributed by atoms with E-state index in [-0.39, 0.29) is 5.41 Å². The average Bonchev–Trinajstić information content (AvgIpc) is 2.99. The van der Waals surface area contributed by atoms with Crippen LogP contribution in [-0.2, 0) is 5.41 Å². The predicted molar refractivity (Wildman–Crippen MR) is 165 cm³/mol. The lowest BCUT2D eigenvalue weighted by molar-refractivity contribution is 0.642. The Kier molecular flexibility index (Phi) is 4.63. The van der Waals surface area contributed by atoms with Crippen LogP contribution in [0.1, 0.15) is 25.0 Å². The van der Waals surface area contributed by atoms with Crippen molar-refractivity contribution in [3.8, 4) is 33.5 Å². The summed E-state index contributed by atoms with van der Waals surface area (Å²) in [6.45, 7) is 4.66. The largest absolute Gasteiger partial charge is 0.256 e. The summed E-state index contributed by atoms with van der Waals surface area (Å²) >= 11 is 0. The van der Waals surface area contributed by atoms with Crippen molar-refractivity contribution in [1.29, 1.82) is 0 Å². The minimum absolute atomic E-state index is 0.129. The zero-order valence-electron chi connectivity index (χ0n) is 22.1. The van der Waals surface area contributed by atoms with Crippen LogP contribution >= 0.6 is 0 Å². The molecule has 0 aliphatic heterocycles. The van der Waals surface area contributed by atoms with Gasteiger partial charge in [0.1, 0.15) is 0 Å². The molecule has 0 fully saturated rings. The van der Waals surface area contributed by atoms with E-state index in [0.717, 1.165) is 5.69 Å². The van der Waals surface area contributed by atoms with Crippen molar-refractivity contribution in [1.82, 2.24) is 4.98 Å². The van der Waals surface area contributed by atoms with E-state index in [4.69, 9.17) is 4.98 Å². The van der Waals surface area contributed by atoms with Crippen LogP contribution in [0.25, 0.3) is 65.8 Å². The van der Waals surface area contributed by atoms with Crippen LogP contribution in [0.4, 0.5) is 0 Å². The summed E-state index contributed by atoms with van der Waals surface area (Å²) in [6, 6.07) is 44.4. The van der Waals surface area contributed by atoms with Gasteiger partial charge in [-0.05, 0) is 71.8 Å².